The zero-order valence-electron chi connectivity index (χ0n) is 13.3. The van der Waals surface area contributed by atoms with Crippen LogP contribution >= 0.6 is 0 Å². The molecular formula is C20H21FO. The highest BCUT2D eigenvalue weighted by Gasteiger charge is 2.61. The van der Waals surface area contributed by atoms with Crippen LogP contribution in [0, 0.1) is 24.1 Å². The summed E-state index contributed by atoms with van der Waals surface area (Å²) in [6, 6.07) is 14.9. The largest absolute Gasteiger partial charge is 0.299 e. The van der Waals surface area contributed by atoms with Crippen LogP contribution in [0.1, 0.15) is 36.5 Å². The van der Waals surface area contributed by atoms with Gasteiger partial charge in [-0.15, -0.1) is 0 Å². The Morgan fingerprint density at radius 1 is 1.14 bits per heavy atom. The monoisotopic (exact) mass is 296 g/mol. The molecule has 0 amide bonds. The third-order valence-corrected chi connectivity index (χ3v) is 5.01. The van der Waals surface area contributed by atoms with Crippen LogP contribution in [-0.2, 0) is 11.2 Å². The first-order valence-electron chi connectivity index (χ1n) is 7.74. The Morgan fingerprint density at radius 2 is 1.82 bits per heavy atom. The summed E-state index contributed by atoms with van der Waals surface area (Å²) in [6.45, 7) is 6.21. The van der Waals surface area contributed by atoms with Crippen LogP contribution in [0.25, 0.3) is 0 Å². The average Bonchev–Trinajstić information content (AvgIpc) is 3.06. The van der Waals surface area contributed by atoms with Crippen LogP contribution in [0.2, 0.25) is 0 Å². The molecule has 1 fully saturated rings. The zero-order chi connectivity index (χ0) is 15.9. The molecule has 1 nitrogen and oxygen atoms in total. The van der Waals surface area contributed by atoms with Gasteiger partial charge in [0.15, 0.2) is 0 Å². The van der Waals surface area contributed by atoms with E-state index in [2.05, 4.69) is 26.0 Å². The number of rotatable bonds is 4. The summed E-state index contributed by atoms with van der Waals surface area (Å²) < 4.78 is 13.4. The molecule has 0 aromatic heterocycles. The Labute approximate surface area is 131 Å². The average molecular weight is 296 g/mol. The predicted molar refractivity (Wildman–Crippen MR) is 86.3 cm³/mol. The summed E-state index contributed by atoms with van der Waals surface area (Å²) in [5, 5.41) is 0. The van der Waals surface area contributed by atoms with E-state index in [1.165, 1.54) is 17.7 Å². The molecule has 0 bridgehead atoms. The fourth-order valence-electron chi connectivity index (χ4n) is 3.65. The summed E-state index contributed by atoms with van der Waals surface area (Å²) in [4.78, 5) is 12.7. The lowest BCUT2D eigenvalue weighted by Crippen LogP contribution is -2.10. The number of carbonyl (C=O) groups excluding carboxylic acids is 1. The number of hydrogen-bond donors (Lipinski definition) is 0. The van der Waals surface area contributed by atoms with Crippen molar-refractivity contribution in [3.8, 4) is 0 Å². The van der Waals surface area contributed by atoms with E-state index in [0.29, 0.717) is 6.42 Å². The van der Waals surface area contributed by atoms with Gasteiger partial charge in [0, 0.05) is 12.3 Å². The van der Waals surface area contributed by atoms with Crippen molar-refractivity contribution in [2.45, 2.75) is 33.1 Å². The molecule has 2 atom stereocenters. The Kier molecular flexibility index (Phi) is 3.64. The lowest BCUT2D eigenvalue weighted by Gasteiger charge is -2.06. The molecule has 0 radical (unpaired) electrons. The molecule has 1 aliphatic rings. The van der Waals surface area contributed by atoms with Gasteiger partial charge in [-0.1, -0.05) is 50.2 Å². The van der Waals surface area contributed by atoms with Crippen LogP contribution in [0.4, 0.5) is 4.39 Å². The van der Waals surface area contributed by atoms with Crippen LogP contribution in [0.5, 0.6) is 0 Å². The van der Waals surface area contributed by atoms with E-state index in [4.69, 9.17) is 0 Å². The third kappa shape index (κ3) is 2.58. The van der Waals surface area contributed by atoms with Crippen molar-refractivity contribution in [1.82, 2.24) is 0 Å². The second kappa shape index (κ2) is 5.35. The third-order valence-electron chi connectivity index (χ3n) is 5.01. The van der Waals surface area contributed by atoms with Gasteiger partial charge in [0.2, 0.25) is 0 Å². The molecule has 2 aromatic carbocycles. The van der Waals surface area contributed by atoms with Gasteiger partial charge in [-0.2, -0.15) is 0 Å². The maximum Gasteiger partial charge on any atom is 0.141 e. The van der Waals surface area contributed by atoms with Crippen LogP contribution in [0.3, 0.4) is 0 Å². The highest BCUT2D eigenvalue weighted by molar-refractivity contribution is 5.88. The molecule has 0 N–H and O–H groups in total. The van der Waals surface area contributed by atoms with Crippen molar-refractivity contribution in [3.63, 3.8) is 0 Å². The van der Waals surface area contributed by atoms with E-state index < -0.39 is 0 Å². The molecule has 2 heteroatoms. The molecule has 1 aliphatic carbocycles. The van der Waals surface area contributed by atoms with Crippen LogP contribution < -0.4 is 0 Å². The quantitative estimate of drug-likeness (QED) is 0.800. The fourth-order valence-corrected chi connectivity index (χ4v) is 3.65. The number of Topliss-reactive ketones (excluding diaryl/α,β-unsaturated/α-hetero) is 1. The first-order valence-corrected chi connectivity index (χ1v) is 7.74. The Balaban J connectivity index is 1.80. The predicted octanol–water partition coefficient (Wildman–Crippen LogP) is 4.69. The Bertz CT molecular complexity index is 703. The molecular weight excluding hydrogens is 275 g/mol. The fraction of sp³-hybridized carbons (Fsp3) is 0.350. The van der Waals surface area contributed by atoms with Gasteiger partial charge in [-0.05, 0) is 47.1 Å². The summed E-state index contributed by atoms with van der Waals surface area (Å²) in [7, 11) is 0. The molecule has 0 saturated heterocycles. The number of hydrogen-bond acceptors (Lipinski definition) is 1. The molecule has 1 saturated carbocycles. The molecule has 0 aliphatic heterocycles. The van der Waals surface area contributed by atoms with E-state index in [9.17, 15) is 9.18 Å². The second-order valence-electron chi connectivity index (χ2n) is 6.90. The molecule has 0 unspecified atom stereocenters. The summed E-state index contributed by atoms with van der Waals surface area (Å²) in [5.74, 6) is 0.239. The topological polar surface area (TPSA) is 17.1 Å². The summed E-state index contributed by atoms with van der Waals surface area (Å²) >= 11 is 0. The highest BCUT2D eigenvalue weighted by atomic mass is 19.1. The minimum atomic E-state index is -0.275. The van der Waals surface area contributed by atoms with Gasteiger partial charge in [-0.25, -0.2) is 4.39 Å². The number of aryl methyl sites for hydroxylation is 1. The SMILES string of the molecule is Cc1ccc(F)cc1CC(=O)[C@H]1[C@H](c2ccccc2)C1(C)C. The minimum Gasteiger partial charge on any atom is -0.299 e. The van der Waals surface area contributed by atoms with E-state index in [-0.39, 0.29) is 28.9 Å². The number of halogens is 1. The van der Waals surface area contributed by atoms with Crippen molar-refractivity contribution in [2.24, 2.45) is 11.3 Å². The van der Waals surface area contributed by atoms with E-state index >= 15 is 0 Å². The van der Waals surface area contributed by atoms with E-state index in [0.717, 1.165) is 11.1 Å². The van der Waals surface area contributed by atoms with Crippen molar-refractivity contribution in [1.29, 1.82) is 0 Å². The lowest BCUT2D eigenvalue weighted by atomic mass is 9.98. The zero-order valence-corrected chi connectivity index (χ0v) is 13.3. The van der Waals surface area contributed by atoms with E-state index in [1.807, 2.05) is 25.1 Å². The van der Waals surface area contributed by atoms with Crippen molar-refractivity contribution in [2.75, 3.05) is 0 Å². The number of carbonyl (C=O) groups is 1. The molecule has 2 aromatic rings. The van der Waals surface area contributed by atoms with Gasteiger partial charge in [0.25, 0.3) is 0 Å². The smallest absolute Gasteiger partial charge is 0.141 e. The normalized spacial score (nSPS) is 22.4. The molecule has 0 heterocycles. The van der Waals surface area contributed by atoms with E-state index in [1.54, 1.807) is 6.07 Å². The van der Waals surface area contributed by atoms with Gasteiger partial charge >= 0.3 is 0 Å². The summed E-state index contributed by atoms with van der Waals surface area (Å²) in [6.07, 6.45) is 0.320. The number of benzene rings is 2. The molecule has 0 spiro atoms. The Hall–Kier alpha value is -1.96. The van der Waals surface area contributed by atoms with Crippen LogP contribution in [0.15, 0.2) is 48.5 Å². The van der Waals surface area contributed by atoms with Gasteiger partial charge < -0.3 is 0 Å². The first-order chi connectivity index (χ1) is 10.4. The van der Waals surface area contributed by atoms with Gasteiger partial charge in [0.1, 0.15) is 11.6 Å². The van der Waals surface area contributed by atoms with Gasteiger partial charge in [0.05, 0.1) is 0 Å². The van der Waals surface area contributed by atoms with Crippen molar-refractivity contribution in [3.05, 3.63) is 71.0 Å². The lowest BCUT2D eigenvalue weighted by molar-refractivity contribution is -0.120. The maximum absolute atomic E-state index is 13.4. The minimum absolute atomic E-state index is 0.0142. The summed E-state index contributed by atoms with van der Waals surface area (Å²) in [5.41, 5.74) is 2.99. The molecule has 22 heavy (non-hydrogen) atoms. The van der Waals surface area contributed by atoms with Crippen LogP contribution in [-0.4, -0.2) is 5.78 Å². The number of ketones is 1. The van der Waals surface area contributed by atoms with Crippen molar-refractivity contribution >= 4 is 5.78 Å². The standard InChI is InChI=1S/C20H21FO/c1-13-9-10-16(21)11-15(13)12-17(22)19-18(20(19,2)3)14-7-5-4-6-8-14/h4-11,18-19H,12H2,1-3H3/t18-,19-/m0/s1. The maximum atomic E-state index is 13.4. The molecule has 114 valence electrons. The Morgan fingerprint density at radius 3 is 2.50 bits per heavy atom. The highest BCUT2D eigenvalue weighted by Crippen LogP contribution is 2.64. The van der Waals surface area contributed by atoms with Crippen molar-refractivity contribution < 1.29 is 9.18 Å². The molecule has 3 rings (SSSR count). The first kappa shape index (κ1) is 15.0. The van der Waals surface area contributed by atoms with Gasteiger partial charge in [-0.3, -0.25) is 4.79 Å². The second-order valence-corrected chi connectivity index (χ2v) is 6.90.